The Hall–Kier alpha value is -0.120. The van der Waals surface area contributed by atoms with Crippen molar-refractivity contribution in [2.45, 2.75) is 63.5 Å². The van der Waals surface area contributed by atoms with Crippen molar-refractivity contribution < 1.29 is 9.84 Å². The lowest BCUT2D eigenvalue weighted by Crippen LogP contribution is -2.56. The van der Waals surface area contributed by atoms with Crippen LogP contribution in [0.3, 0.4) is 0 Å². The van der Waals surface area contributed by atoms with E-state index >= 15 is 0 Å². The van der Waals surface area contributed by atoms with Crippen LogP contribution >= 0.6 is 0 Å². The number of hydrogen-bond donors (Lipinski definition) is 1. The van der Waals surface area contributed by atoms with Gasteiger partial charge in [0, 0.05) is 18.8 Å². The Morgan fingerprint density at radius 1 is 1.26 bits per heavy atom. The van der Waals surface area contributed by atoms with E-state index in [9.17, 15) is 5.11 Å². The molecule has 0 aromatic rings. The lowest BCUT2D eigenvalue weighted by molar-refractivity contribution is -0.0610. The first kappa shape index (κ1) is 15.3. The van der Waals surface area contributed by atoms with E-state index in [-0.39, 0.29) is 11.6 Å². The predicted molar refractivity (Wildman–Crippen MR) is 78.2 cm³/mol. The molecule has 0 bridgehead atoms. The summed E-state index contributed by atoms with van der Waals surface area (Å²) in [4.78, 5) is 2.30. The van der Waals surface area contributed by atoms with Gasteiger partial charge in [0.25, 0.3) is 0 Å². The molecule has 2 aliphatic rings. The van der Waals surface area contributed by atoms with Crippen molar-refractivity contribution in [1.29, 1.82) is 0 Å². The minimum atomic E-state index is -0.187. The molecule has 3 heteroatoms. The first-order valence-electron chi connectivity index (χ1n) is 7.98. The van der Waals surface area contributed by atoms with E-state index < -0.39 is 0 Å². The van der Waals surface area contributed by atoms with Gasteiger partial charge in [-0.25, -0.2) is 0 Å². The monoisotopic (exact) mass is 269 g/mol. The maximum atomic E-state index is 10.9. The van der Waals surface area contributed by atoms with Crippen molar-refractivity contribution in [2.75, 3.05) is 27.3 Å². The van der Waals surface area contributed by atoms with E-state index in [1.165, 1.54) is 12.8 Å². The van der Waals surface area contributed by atoms with Crippen LogP contribution in [0.1, 0.15) is 51.9 Å². The average molecular weight is 269 g/mol. The third-order valence-corrected chi connectivity index (χ3v) is 5.42. The maximum Gasteiger partial charge on any atom is 0.0726 e. The van der Waals surface area contributed by atoms with Crippen molar-refractivity contribution >= 4 is 0 Å². The Bertz CT molecular complexity index is 276. The number of nitrogens with zero attached hydrogens (tertiary/aromatic N) is 1. The molecule has 1 saturated heterocycles. The lowest BCUT2D eigenvalue weighted by Gasteiger charge is -2.49. The van der Waals surface area contributed by atoms with E-state index in [0.29, 0.717) is 5.92 Å². The van der Waals surface area contributed by atoms with Gasteiger partial charge in [0.1, 0.15) is 0 Å². The van der Waals surface area contributed by atoms with Gasteiger partial charge in [0.05, 0.1) is 6.10 Å². The van der Waals surface area contributed by atoms with Crippen molar-refractivity contribution in [3.63, 3.8) is 0 Å². The molecule has 3 unspecified atom stereocenters. The molecule has 1 aliphatic carbocycles. The van der Waals surface area contributed by atoms with Crippen LogP contribution in [0.15, 0.2) is 0 Å². The summed E-state index contributed by atoms with van der Waals surface area (Å²) >= 11 is 0. The molecule has 0 radical (unpaired) electrons. The number of aliphatic hydroxyl groups excluding tert-OH is 1. The van der Waals surface area contributed by atoms with Crippen LogP contribution in [-0.2, 0) is 4.74 Å². The van der Waals surface area contributed by atoms with E-state index in [2.05, 4.69) is 25.9 Å². The summed E-state index contributed by atoms with van der Waals surface area (Å²) in [5.41, 5.74) is 0.00989. The molecular formula is C16H31NO2. The summed E-state index contributed by atoms with van der Waals surface area (Å²) in [5, 5.41) is 10.9. The summed E-state index contributed by atoms with van der Waals surface area (Å²) in [6.07, 6.45) is 7.87. The number of aliphatic hydroxyl groups is 1. The van der Waals surface area contributed by atoms with Crippen molar-refractivity contribution in [3.05, 3.63) is 0 Å². The molecule has 1 N–H and O–H groups in total. The molecule has 2 rings (SSSR count). The standard InChI is InChI=1S/C16H31NO2/c1-13-5-4-8-16(12-13,17(2)3)15(18)11-14-6-9-19-10-7-14/h13-15,18H,4-12H2,1-3H3. The summed E-state index contributed by atoms with van der Waals surface area (Å²) in [6.45, 7) is 4.09. The fourth-order valence-electron chi connectivity index (χ4n) is 4.09. The summed E-state index contributed by atoms with van der Waals surface area (Å²) in [7, 11) is 4.29. The van der Waals surface area contributed by atoms with Crippen LogP contribution in [0, 0.1) is 11.8 Å². The Morgan fingerprint density at radius 3 is 2.53 bits per heavy atom. The SMILES string of the molecule is CC1CCCC(C(O)CC2CCOCC2)(N(C)C)C1. The van der Waals surface area contributed by atoms with Gasteiger partial charge in [-0.3, -0.25) is 0 Å². The van der Waals surface area contributed by atoms with Crippen LogP contribution in [0.25, 0.3) is 0 Å². The van der Waals surface area contributed by atoms with Crippen LogP contribution in [0.4, 0.5) is 0 Å². The maximum absolute atomic E-state index is 10.9. The zero-order valence-corrected chi connectivity index (χ0v) is 12.9. The molecule has 2 fully saturated rings. The highest BCUT2D eigenvalue weighted by Crippen LogP contribution is 2.40. The second-order valence-electron chi connectivity index (χ2n) is 7.01. The van der Waals surface area contributed by atoms with E-state index in [1.807, 2.05) is 0 Å². The topological polar surface area (TPSA) is 32.7 Å². The molecule has 3 atom stereocenters. The molecule has 3 nitrogen and oxygen atoms in total. The molecule has 0 spiro atoms. The number of ether oxygens (including phenoxy) is 1. The molecule has 0 aromatic carbocycles. The fraction of sp³-hybridized carbons (Fsp3) is 1.00. The Morgan fingerprint density at radius 2 is 1.95 bits per heavy atom. The Labute approximate surface area is 118 Å². The number of rotatable bonds is 4. The molecule has 0 aromatic heterocycles. The highest BCUT2D eigenvalue weighted by Gasteiger charge is 2.43. The highest BCUT2D eigenvalue weighted by atomic mass is 16.5. The average Bonchev–Trinajstić information content (AvgIpc) is 2.39. The summed E-state index contributed by atoms with van der Waals surface area (Å²) in [5.74, 6) is 1.39. The van der Waals surface area contributed by atoms with Gasteiger partial charge >= 0.3 is 0 Å². The normalized spacial score (nSPS) is 35.5. The minimum absolute atomic E-state index is 0.00989. The second kappa shape index (κ2) is 6.55. The van der Waals surface area contributed by atoms with Gasteiger partial charge in [-0.1, -0.05) is 19.8 Å². The van der Waals surface area contributed by atoms with Gasteiger partial charge in [-0.2, -0.15) is 0 Å². The number of hydrogen-bond acceptors (Lipinski definition) is 3. The zero-order chi connectivity index (χ0) is 13.9. The van der Waals surface area contributed by atoms with Crippen molar-refractivity contribution in [2.24, 2.45) is 11.8 Å². The Balaban J connectivity index is 2.00. The minimum Gasteiger partial charge on any atom is -0.391 e. The molecule has 1 aliphatic heterocycles. The fourth-order valence-corrected chi connectivity index (χ4v) is 4.09. The van der Waals surface area contributed by atoms with Crippen LogP contribution in [0.5, 0.6) is 0 Å². The van der Waals surface area contributed by atoms with E-state index in [0.717, 1.165) is 51.2 Å². The molecule has 112 valence electrons. The van der Waals surface area contributed by atoms with Crippen molar-refractivity contribution in [1.82, 2.24) is 4.90 Å². The summed E-state index contributed by atoms with van der Waals surface area (Å²) in [6, 6.07) is 0. The zero-order valence-electron chi connectivity index (χ0n) is 12.9. The van der Waals surface area contributed by atoms with Crippen LogP contribution in [0.2, 0.25) is 0 Å². The lowest BCUT2D eigenvalue weighted by atomic mass is 9.70. The van der Waals surface area contributed by atoms with Crippen LogP contribution < -0.4 is 0 Å². The Kier molecular flexibility index (Phi) is 5.27. The predicted octanol–water partition coefficient (Wildman–Crippen LogP) is 2.67. The molecule has 0 amide bonds. The van der Waals surface area contributed by atoms with Crippen LogP contribution in [-0.4, -0.2) is 49.0 Å². The smallest absolute Gasteiger partial charge is 0.0726 e. The van der Waals surface area contributed by atoms with Crippen molar-refractivity contribution in [3.8, 4) is 0 Å². The number of likely N-dealkylation sites (N-methyl/N-ethyl adjacent to an activating group) is 1. The van der Waals surface area contributed by atoms with Gasteiger partial charge < -0.3 is 14.7 Å². The van der Waals surface area contributed by atoms with Gasteiger partial charge in [-0.05, 0) is 58.0 Å². The van der Waals surface area contributed by atoms with E-state index in [1.54, 1.807) is 0 Å². The first-order chi connectivity index (χ1) is 9.04. The van der Waals surface area contributed by atoms with E-state index in [4.69, 9.17) is 4.74 Å². The second-order valence-corrected chi connectivity index (χ2v) is 7.01. The van der Waals surface area contributed by atoms with Gasteiger partial charge in [0.15, 0.2) is 0 Å². The highest BCUT2D eigenvalue weighted by molar-refractivity contribution is 4.99. The molecule has 1 saturated carbocycles. The molecule has 1 heterocycles. The third kappa shape index (κ3) is 3.50. The third-order valence-electron chi connectivity index (χ3n) is 5.42. The quantitative estimate of drug-likeness (QED) is 0.851. The molecule has 19 heavy (non-hydrogen) atoms. The largest absolute Gasteiger partial charge is 0.391 e. The molecular weight excluding hydrogens is 238 g/mol. The summed E-state index contributed by atoms with van der Waals surface area (Å²) < 4.78 is 5.42. The van der Waals surface area contributed by atoms with Gasteiger partial charge in [0.2, 0.25) is 0 Å². The first-order valence-corrected chi connectivity index (χ1v) is 7.98. The van der Waals surface area contributed by atoms with Gasteiger partial charge in [-0.15, -0.1) is 0 Å².